The molecular weight excluding hydrogens is 418 g/mol. The predicted molar refractivity (Wildman–Crippen MR) is 114 cm³/mol. The average molecular weight is 437 g/mol. The Hall–Kier alpha value is -3.86. The Bertz CT molecular complexity index is 1160. The van der Waals surface area contributed by atoms with Crippen molar-refractivity contribution in [3.05, 3.63) is 59.8 Å². The minimum absolute atomic E-state index is 0.230. The van der Waals surface area contributed by atoms with E-state index in [-0.39, 0.29) is 11.6 Å². The third kappa shape index (κ3) is 4.67. The third-order valence-corrected chi connectivity index (χ3v) is 5.33. The molecule has 1 amide bonds. The first-order valence-corrected chi connectivity index (χ1v) is 10.2. The number of carbonyl (C=O) groups is 1. The highest BCUT2D eigenvalue weighted by Gasteiger charge is 2.11. The Balaban J connectivity index is 1.33. The Labute approximate surface area is 181 Å². The van der Waals surface area contributed by atoms with Gasteiger partial charge in [-0.1, -0.05) is 0 Å². The first kappa shape index (κ1) is 20.4. The summed E-state index contributed by atoms with van der Waals surface area (Å²) in [6.45, 7) is 0.431. The molecule has 31 heavy (non-hydrogen) atoms. The van der Waals surface area contributed by atoms with Crippen LogP contribution in [0.4, 0.5) is 0 Å². The third-order valence-electron chi connectivity index (χ3n) is 4.39. The largest absolute Gasteiger partial charge is 0.493 e. The first-order valence-electron chi connectivity index (χ1n) is 9.31. The zero-order chi connectivity index (χ0) is 21.6. The van der Waals surface area contributed by atoms with Crippen LogP contribution in [0.25, 0.3) is 16.4 Å². The minimum Gasteiger partial charge on any atom is -0.493 e. The zero-order valence-corrected chi connectivity index (χ0v) is 17.7. The van der Waals surface area contributed by atoms with Gasteiger partial charge in [0.25, 0.3) is 5.91 Å². The zero-order valence-electron chi connectivity index (χ0n) is 16.8. The molecule has 3 aromatic heterocycles. The van der Waals surface area contributed by atoms with Crippen LogP contribution in [0.1, 0.15) is 16.2 Å². The lowest BCUT2D eigenvalue weighted by Gasteiger charge is -2.08. The molecule has 0 atom stereocenters. The summed E-state index contributed by atoms with van der Waals surface area (Å²) in [5.74, 6) is 1.51. The standard InChI is InChI=1S/C20H19N7O3S/c1-29-16-5-3-13(9-17(16)30-2)20-24-14(10-31-20)7-8-22-19(28)15-4-6-18(26-25-15)27-12-21-11-23-27/h3-6,9-12H,7-8H2,1-2H3,(H,22,28). The Morgan fingerprint density at radius 3 is 2.71 bits per heavy atom. The van der Waals surface area contributed by atoms with Gasteiger partial charge < -0.3 is 14.8 Å². The molecule has 1 N–H and O–H groups in total. The van der Waals surface area contributed by atoms with Crippen molar-refractivity contribution in [3.63, 3.8) is 0 Å². The van der Waals surface area contributed by atoms with Crippen LogP contribution in [-0.2, 0) is 6.42 Å². The van der Waals surface area contributed by atoms with Gasteiger partial charge in [0.1, 0.15) is 17.7 Å². The molecule has 0 bridgehead atoms. The number of aromatic nitrogens is 6. The van der Waals surface area contributed by atoms with E-state index in [1.807, 2.05) is 23.6 Å². The fourth-order valence-electron chi connectivity index (χ4n) is 2.81. The maximum Gasteiger partial charge on any atom is 0.271 e. The number of methoxy groups -OCH3 is 2. The summed E-state index contributed by atoms with van der Waals surface area (Å²) >= 11 is 1.53. The summed E-state index contributed by atoms with van der Waals surface area (Å²) in [7, 11) is 3.20. The van der Waals surface area contributed by atoms with Crippen molar-refractivity contribution in [1.82, 2.24) is 35.3 Å². The molecule has 1 aromatic carbocycles. The van der Waals surface area contributed by atoms with Crippen LogP contribution in [0.5, 0.6) is 11.5 Å². The number of amides is 1. The van der Waals surface area contributed by atoms with E-state index in [0.29, 0.717) is 30.3 Å². The van der Waals surface area contributed by atoms with Crippen molar-refractivity contribution in [2.24, 2.45) is 0 Å². The van der Waals surface area contributed by atoms with Gasteiger partial charge in [0.2, 0.25) is 0 Å². The number of ether oxygens (including phenoxy) is 2. The van der Waals surface area contributed by atoms with Gasteiger partial charge >= 0.3 is 0 Å². The van der Waals surface area contributed by atoms with E-state index < -0.39 is 0 Å². The quantitative estimate of drug-likeness (QED) is 0.446. The molecule has 3 heterocycles. The molecule has 0 aliphatic carbocycles. The van der Waals surface area contributed by atoms with Crippen molar-refractivity contribution < 1.29 is 14.3 Å². The van der Waals surface area contributed by atoms with Gasteiger partial charge in [0.05, 0.1) is 19.9 Å². The van der Waals surface area contributed by atoms with Gasteiger partial charge in [-0.2, -0.15) is 5.10 Å². The SMILES string of the molecule is COc1ccc(-c2nc(CCNC(=O)c3ccc(-n4cncn4)nn3)cs2)cc1OC. The van der Waals surface area contributed by atoms with Gasteiger partial charge in [-0.15, -0.1) is 21.5 Å². The molecule has 11 heteroatoms. The van der Waals surface area contributed by atoms with Crippen molar-refractivity contribution in [3.8, 4) is 27.9 Å². The van der Waals surface area contributed by atoms with E-state index in [9.17, 15) is 4.79 Å². The highest BCUT2D eigenvalue weighted by atomic mass is 32.1. The fraction of sp³-hybridized carbons (Fsp3) is 0.200. The minimum atomic E-state index is -0.298. The number of nitrogens with zero attached hydrogens (tertiary/aromatic N) is 6. The number of carbonyl (C=O) groups excluding carboxylic acids is 1. The van der Waals surface area contributed by atoms with Crippen LogP contribution in [-0.4, -0.2) is 56.6 Å². The second-order valence-electron chi connectivity index (χ2n) is 6.34. The van der Waals surface area contributed by atoms with E-state index in [1.165, 1.54) is 28.7 Å². The summed E-state index contributed by atoms with van der Waals surface area (Å²) in [6.07, 6.45) is 3.51. The van der Waals surface area contributed by atoms with E-state index in [1.54, 1.807) is 26.4 Å². The second-order valence-corrected chi connectivity index (χ2v) is 7.19. The Kier molecular flexibility index (Phi) is 6.13. The molecule has 0 saturated heterocycles. The van der Waals surface area contributed by atoms with Crippen LogP contribution in [0.3, 0.4) is 0 Å². The lowest BCUT2D eigenvalue weighted by Crippen LogP contribution is -2.27. The lowest BCUT2D eigenvalue weighted by molar-refractivity contribution is 0.0948. The van der Waals surface area contributed by atoms with Crippen LogP contribution < -0.4 is 14.8 Å². The number of thiazole rings is 1. The summed E-state index contributed by atoms with van der Waals surface area (Å²) in [4.78, 5) is 20.8. The molecule has 0 unspecified atom stereocenters. The molecule has 10 nitrogen and oxygen atoms in total. The number of nitrogens with one attached hydrogen (secondary N) is 1. The van der Waals surface area contributed by atoms with Crippen molar-refractivity contribution >= 4 is 17.2 Å². The van der Waals surface area contributed by atoms with Gasteiger partial charge in [-0.25, -0.2) is 14.6 Å². The summed E-state index contributed by atoms with van der Waals surface area (Å²) in [6, 6.07) is 8.94. The van der Waals surface area contributed by atoms with E-state index in [2.05, 4.69) is 30.6 Å². The van der Waals surface area contributed by atoms with E-state index >= 15 is 0 Å². The van der Waals surface area contributed by atoms with Crippen LogP contribution >= 0.6 is 11.3 Å². The molecule has 0 fully saturated rings. The number of hydrogen-bond acceptors (Lipinski definition) is 9. The molecule has 4 aromatic rings. The maximum absolute atomic E-state index is 12.3. The van der Waals surface area contributed by atoms with E-state index in [0.717, 1.165) is 16.3 Å². The predicted octanol–water partition coefficient (Wildman–Crippen LogP) is 2.17. The summed E-state index contributed by atoms with van der Waals surface area (Å²) < 4.78 is 12.1. The van der Waals surface area contributed by atoms with Gasteiger partial charge in [0.15, 0.2) is 23.0 Å². The number of benzene rings is 1. The number of rotatable bonds is 8. The highest BCUT2D eigenvalue weighted by molar-refractivity contribution is 7.13. The van der Waals surface area contributed by atoms with Crippen LogP contribution in [0.15, 0.2) is 48.4 Å². The van der Waals surface area contributed by atoms with E-state index in [4.69, 9.17) is 9.47 Å². The molecule has 0 spiro atoms. The van der Waals surface area contributed by atoms with Gasteiger partial charge in [-0.3, -0.25) is 4.79 Å². The smallest absolute Gasteiger partial charge is 0.271 e. The van der Waals surface area contributed by atoms with Crippen LogP contribution in [0.2, 0.25) is 0 Å². The highest BCUT2D eigenvalue weighted by Crippen LogP contribution is 2.33. The normalized spacial score (nSPS) is 10.6. The van der Waals surface area contributed by atoms with Crippen molar-refractivity contribution in [2.45, 2.75) is 6.42 Å². The number of hydrogen-bond donors (Lipinski definition) is 1. The molecule has 0 aliphatic heterocycles. The molecular formula is C20H19N7O3S. The Morgan fingerprint density at radius 1 is 1.13 bits per heavy atom. The summed E-state index contributed by atoms with van der Waals surface area (Å²) in [5.41, 5.74) is 2.07. The van der Waals surface area contributed by atoms with Gasteiger partial charge in [0, 0.05) is 23.9 Å². The Morgan fingerprint density at radius 2 is 2.00 bits per heavy atom. The first-order chi connectivity index (χ1) is 15.2. The lowest BCUT2D eigenvalue weighted by atomic mass is 10.2. The molecule has 0 aliphatic rings. The fourth-order valence-corrected chi connectivity index (χ4v) is 3.66. The maximum atomic E-state index is 12.3. The molecule has 0 radical (unpaired) electrons. The average Bonchev–Trinajstić information content (AvgIpc) is 3.51. The molecule has 0 saturated carbocycles. The van der Waals surface area contributed by atoms with Crippen molar-refractivity contribution in [1.29, 1.82) is 0 Å². The monoisotopic (exact) mass is 437 g/mol. The second kappa shape index (κ2) is 9.30. The van der Waals surface area contributed by atoms with Gasteiger partial charge in [-0.05, 0) is 30.3 Å². The van der Waals surface area contributed by atoms with Crippen molar-refractivity contribution in [2.75, 3.05) is 20.8 Å². The van der Waals surface area contributed by atoms with Crippen LogP contribution in [0, 0.1) is 0 Å². The topological polar surface area (TPSA) is 117 Å². The molecule has 158 valence electrons. The molecule has 4 rings (SSSR count). The summed E-state index contributed by atoms with van der Waals surface area (Å²) in [5, 5.41) is 17.6.